The van der Waals surface area contributed by atoms with Crippen LogP contribution in [0.25, 0.3) is 6.08 Å². The van der Waals surface area contributed by atoms with Gasteiger partial charge in [0, 0.05) is 0 Å². The van der Waals surface area contributed by atoms with E-state index in [4.69, 9.17) is 9.47 Å². The van der Waals surface area contributed by atoms with E-state index in [0.717, 1.165) is 31.2 Å². The molecule has 1 aromatic heterocycles. The Hall–Kier alpha value is -3.18. The van der Waals surface area contributed by atoms with Crippen LogP contribution in [-0.4, -0.2) is 29.1 Å². The van der Waals surface area contributed by atoms with E-state index >= 15 is 0 Å². The third-order valence-corrected chi connectivity index (χ3v) is 5.83. The number of carbonyl (C=O) groups is 2. The fourth-order valence-corrected chi connectivity index (χ4v) is 4.29. The van der Waals surface area contributed by atoms with Crippen LogP contribution in [0.15, 0.2) is 52.6 Å². The average Bonchev–Trinajstić information content (AvgIpc) is 3.25. The van der Waals surface area contributed by atoms with Crippen molar-refractivity contribution in [3.8, 4) is 11.8 Å². The molecule has 1 aliphatic rings. The number of nitrogens with one attached hydrogen (secondary N) is 1. The molecule has 0 atom stereocenters. The number of hydrogen-bond donors (Lipinski definition) is 1. The monoisotopic (exact) mass is 525 g/mol. The summed E-state index contributed by atoms with van der Waals surface area (Å²) in [5, 5.41) is 12.7. The summed E-state index contributed by atoms with van der Waals surface area (Å²) in [7, 11) is 0. The van der Waals surface area contributed by atoms with Crippen LogP contribution in [0.5, 0.6) is 5.75 Å². The topological polar surface area (TPSA) is 101 Å². The molecule has 0 saturated heterocycles. The first-order chi connectivity index (χ1) is 16.1. The van der Waals surface area contributed by atoms with Gasteiger partial charge in [-0.15, -0.1) is 0 Å². The fourth-order valence-electron chi connectivity index (χ4n) is 3.93. The third-order valence-electron chi connectivity index (χ3n) is 5.39. The molecule has 1 saturated carbocycles. The Morgan fingerprint density at radius 3 is 2.44 bits per heavy atom. The summed E-state index contributed by atoms with van der Waals surface area (Å²) in [6.07, 6.45) is 4.96. The number of hydrogen-bond acceptors (Lipinski definition) is 6. The van der Waals surface area contributed by atoms with E-state index in [-0.39, 0.29) is 12.2 Å². The van der Waals surface area contributed by atoms with Crippen molar-refractivity contribution in [3.05, 3.63) is 63.9 Å². The number of esters is 1. The van der Waals surface area contributed by atoms with Gasteiger partial charge in [-0.05, 0) is 85.4 Å². The van der Waals surface area contributed by atoms with Crippen LogP contribution in [0.1, 0.15) is 57.7 Å². The van der Waals surface area contributed by atoms with E-state index in [1.54, 1.807) is 51.1 Å². The summed E-state index contributed by atoms with van der Waals surface area (Å²) in [5.74, 6) is -0.337. The molecule has 2 aromatic rings. The largest absolute Gasteiger partial charge is 0.482 e. The number of pyridine rings is 1. The van der Waals surface area contributed by atoms with E-state index in [0.29, 0.717) is 16.0 Å². The van der Waals surface area contributed by atoms with Gasteiger partial charge in [-0.2, -0.15) is 5.26 Å². The van der Waals surface area contributed by atoms with Crippen LogP contribution < -0.4 is 10.1 Å². The van der Waals surface area contributed by atoms with E-state index in [1.807, 2.05) is 18.2 Å². The zero-order valence-corrected chi connectivity index (χ0v) is 21.1. The fraction of sp³-hybridized carbons (Fsp3) is 0.385. The molecule has 1 heterocycles. The van der Waals surface area contributed by atoms with E-state index in [9.17, 15) is 14.9 Å². The molecule has 0 bridgehead atoms. The Bertz CT molecular complexity index is 1110. The van der Waals surface area contributed by atoms with Crippen molar-refractivity contribution in [3.63, 3.8) is 0 Å². The molecule has 0 unspecified atom stereocenters. The second-order valence-corrected chi connectivity index (χ2v) is 10.0. The molecule has 3 rings (SSSR count). The van der Waals surface area contributed by atoms with Crippen molar-refractivity contribution in [1.82, 2.24) is 10.3 Å². The van der Waals surface area contributed by atoms with Gasteiger partial charge < -0.3 is 14.8 Å². The quantitative estimate of drug-likeness (QED) is 0.234. The van der Waals surface area contributed by atoms with Crippen LogP contribution in [0.3, 0.4) is 0 Å². The number of aromatic nitrogens is 1. The van der Waals surface area contributed by atoms with Gasteiger partial charge in [-0.25, -0.2) is 9.78 Å². The lowest BCUT2D eigenvalue weighted by atomic mass is 9.87. The van der Waals surface area contributed by atoms with Crippen LogP contribution in [-0.2, 0) is 19.9 Å². The van der Waals surface area contributed by atoms with Gasteiger partial charge in [0.05, 0.1) is 11.2 Å². The van der Waals surface area contributed by atoms with Crippen molar-refractivity contribution in [2.45, 2.75) is 57.6 Å². The number of benzene rings is 1. The predicted molar refractivity (Wildman–Crippen MR) is 132 cm³/mol. The van der Waals surface area contributed by atoms with Gasteiger partial charge >= 0.3 is 5.97 Å². The number of carbonyl (C=O) groups excluding carboxylic acids is 2. The molecular weight excluding hydrogens is 498 g/mol. The summed E-state index contributed by atoms with van der Waals surface area (Å²) in [4.78, 5) is 29.2. The second-order valence-electron chi connectivity index (χ2n) is 9.20. The molecule has 0 radical (unpaired) electrons. The zero-order chi connectivity index (χ0) is 24.8. The number of nitriles is 1. The van der Waals surface area contributed by atoms with Gasteiger partial charge in [0.2, 0.25) is 0 Å². The van der Waals surface area contributed by atoms with Crippen LogP contribution in [0, 0.1) is 11.3 Å². The second kappa shape index (κ2) is 10.8. The Morgan fingerprint density at radius 1 is 1.18 bits per heavy atom. The van der Waals surface area contributed by atoms with Crippen LogP contribution in [0.4, 0.5) is 0 Å². The van der Waals surface area contributed by atoms with Gasteiger partial charge in [0.1, 0.15) is 27.6 Å². The first-order valence-corrected chi connectivity index (χ1v) is 11.9. The number of rotatable bonds is 7. The summed E-state index contributed by atoms with van der Waals surface area (Å²) in [5.41, 5.74) is 0.311. The Kier molecular flexibility index (Phi) is 8.11. The molecule has 178 valence electrons. The Balaban J connectivity index is 1.72. The highest BCUT2D eigenvalue weighted by Gasteiger charge is 2.37. The Labute approximate surface area is 208 Å². The summed E-state index contributed by atoms with van der Waals surface area (Å²) in [6, 6.07) is 14.6. The third kappa shape index (κ3) is 6.91. The summed E-state index contributed by atoms with van der Waals surface area (Å²) >= 11 is 3.30. The molecule has 1 amide bonds. The number of amides is 1. The van der Waals surface area contributed by atoms with Crippen molar-refractivity contribution in [2.75, 3.05) is 6.61 Å². The van der Waals surface area contributed by atoms with Crippen molar-refractivity contribution in [2.24, 2.45) is 0 Å². The molecule has 7 nitrogen and oxygen atoms in total. The molecule has 34 heavy (non-hydrogen) atoms. The maximum Gasteiger partial charge on any atom is 0.344 e. The molecule has 1 fully saturated rings. The summed E-state index contributed by atoms with van der Waals surface area (Å²) in [6.45, 7) is 5.23. The number of nitrogens with zero attached hydrogens (tertiary/aromatic N) is 2. The molecule has 8 heteroatoms. The predicted octanol–water partition coefficient (Wildman–Crippen LogP) is 5.06. The molecule has 1 aliphatic carbocycles. The van der Waals surface area contributed by atoms with Crippen molar-refractivity contribution >= 4 is 33.9 Å². The first-order valence-electron chi connectivity index (χ1n) is 11.1. The SMILES string of the molecule is CC(C)(C)OC(=O)COc1ccc(C2(NC(=O)C(C#N)=Cc3cccc(Br)n3)CCCC2)cc1. The highest BCUT2D eigenvalue weighted by atomic mass is 79.9. The van der Waals surface area contributed by atoms with Gasteiger partial charge in [-0.3, -0.25) is 4.79 Å². The standard InChI is InChI=1S/C26H28BrN3O4/c1-25(2,3)34-23(31)17-33-21-11-9-19(10-12-21)26(13-4-5-14-26)30-24(32)18(16-28)15-20-7-6-8-22(27)29-20/h6-12,15H,4-5,13-14,17H2,1-3H3,(H,30,32). The molecule has 1 aromatic carbocycles. The zero-order valence-electron chi connectivity index (χ0n) is 19.6. The highest BCUT2D eigenvalue weighted by molar-refractivity contribution is 9.10. The lowest BCUT2D eigenvalue weighted by Gasteiger charge is -2.31. The minimum absolute atomic E-state index is 0.00538. The van der Waals surface area contributed by atoms with Crippen LogP contribution >= 0.6 is 15.9 Å². The number of halogens is 1. The van der Waals surface area contributed by atoms with E-state index in [2.05, 4.69) is 26.2 Å². The van der Waals surface area contributed by atoms with Crippen LogP contribution in [0.2, 0.25) is 0 Å². The van der Waals surface area contributed by atoms with E-state index < -0.39 is 23.0 Å². The van der Waals surface area contributed by atoms with Crippen molar-refractivity contribution < 1.29 is 19.1 Å². The highest BCUT2D eigenvalue weighted by Crippen LogP contribution is 2.39. The normalized spacial score (nSPS) is 15.3. The van der Waals surface area contributed by atoms with Crippen molar-refractivity contribution in [1.29, 1.82) is 5.26 Å². The maximum absolute atomic E-state index is 13.0. The van der Waals surface area contributed by atoms with Gasteiger partial charge in [0.15, 0.2) is 6.61 Å². The lowest BCUT2D eigenvalue weighted by molar-refractivity contribution is -0.157. The van der Waals surface area contributed by atoms with Gasteiger partial charge in [-0.1, -0.05) is 31.0 Å². The molecular formula is C26H28BrN3O4. The smallest absolute Gasteiger partial charge is 0.344 e. The molecule has 1 N–H and O–H groups in total. The summed E-state index contributed by atoms with van der Waals surface area (Å²) < 4.78 is 11.4. The molecule has 0 spiro atoms. The average molecular weight is 526 g/mol. The minimum atomic E-state index is -0.568. The lowest BCUT2D eigenvalue weighted by Crippen LogP contribution is -2.44. The first kappa shape index (κ1) is 25.4. The Morgan fingerprint density at radius 2 is 1.85 bits per heavy atom. The maximum atomic E-state index is 13.0. The van der Waals surface area contributed by atoms with Gasteiger partial charge in [0.25, 0.3) is 5.91 Å². The number of ether oxygens (including phenoxy) is 2. The molecule has 0 aliphatic heterocycles. The van der Waals surface area contributed by atoms with E-state index in [1.165, 1.54) is 6.08 Å². The minimum Gasteiger partial charge on any atom is -0.482 e.